The number of piperidine rings is 1. The zero-order valence-corrected chi connectivity index (χ0v) is 10.4. The zero-order valence-electron chi connectivity index (χ0n) is 8.86. The minimum atomic E-state index is 0.221. The molecule has 2 rings (SSSR count). The summed E-state index contributed by atoms with van der Waals surface area (Å²) in [7, 11) is 2.15. The van der Waals surface area contributed by atoms with Gasteiger partial charge >= 0.3 is 0 Å². The highest BCUT2D eigenvalue weighted by molar-refractivity contribution is 9.10. The molecule has 1 aromatic heterocycles. The fourth-order valence-corrected chi connectivity index (χ4v) is 2.49. The summed E-state index contributed by atoms with van der Waals surface area (Å²) in [6.45, 7) is 3.20. The SMILES string of the molecule is CN1CCCC(Cn2ncc(O)c2Br)C1. The molecule has 0 amide bonds. The zero-order chi connectivity index (χ0) is 10.8. The molecule has 0 aliphatic carbocycles. The maximum atomic E-state index is 9.38. The molecular formula is C10H16BrN3O. The normalized spacial score (nSPS) is 23.2. The molecule has 4 nitrogen and oxygen atoms in total. The lowest BCUT2D eigenvalue weighted by Gasteiger charge is -2.29. The largest absolute Gasteiger partial charge is 0.504 e. The number of hydrogen-bond donors (Lipinski definition) is 1. The minimum absolute atomic E-state index is 0.221. The summed E-state index contributed by atoms with van der Waals surface area (Å²) < 4.78 is 2.52. The van der Waals surface area contributed by atoms with Crippen LogP contribution in [0.4, 0.5) is 0 Å². The van der Waals surface area contributed by atoms with Crippen molar-refractivity contribution in [2.45, 2.75) is 19.4 Å². The Kier molecular flexibility index (Phi) is 3.31. The highest BCUT2D eigenvalue weighted by Crippen LogP contribution is 2.25. The predicted octanol–water partition coefficient (Wildman–Crippen LogP) is 1.69. The van der Waals surface area contributed by atoms with Gasteiger partial charge in [-0.2, -0.15) is 5.10 Å². The molecule has 1 unspecified atom stereocenters. The molecule has 84 valence electrons. The third-order valence-corrected chi connectivity index (χ3v) is 3.73. The highest BCUT2D eigenvalue weighted by Gasteiger charge is 2.19. The number of aromatic hydroxyl groups is 1. The quantitative estimate of drug-likeness (QED) is 0.892. The second-order valence-electron chi connectivity index (χ2n) is 4.27. The number of rotatable bonds is 2. The van der Waals surface area contributed by atoms with E-state index in [0.717, 1.165) is 13.1 Å². The van der Waals surface area contributed by atoms with E-state index in [-0.39, 0.29) is 5.75 Å². The fourth-order valence-electron chi connectivity index (χ4n) is 2.15. The van der Waals surface area contributed by atoms with Gasteiger partial charge < -0.3 is 10.0 Å². The van der Waals surface area contributed by atoms with Gasteiger partial charge in [-0.05, 0) is 48.3 Å². The first-order valence-electron chi connectivity index (χ1n) is 5.25. The molecular weight excluding hydrogens is 258 g/mol. The van der Waals surface area contributed by atoms with Gasteiger partial charge in [0, 0.05) is 13.1 Å². The minimum Gasteiger partial charge on any atom is -0.504 e. The molecule has 0 saturated carbocycles. The fraction of sp³-hybridized carbons (Fsp3) is 0.700. The Morgan fingerprint density at radius 1 is 1.67 bits per heavy atom. The monoisotopic (exact) mass is 273 g/mol. The maximum Gasteiger partial charge on any atom is 0.168 e. The summed E-state index contributed by atoms with van der Waals surface area (Å²) in [6, 6.07) is 0. The lowest BCUT2D eigenvalue weighted by atomic mass is 9.99. The van der Waals surface area contributed by atoms with Crippen LogP contribution < -0.4 is 0 Å². The van der Waals surface area contributed by atoms with Crippen molar-refractivity contribution in [2.75, 3.05) is 20.1 Å². The summed E-state index contributed by atoms with van der Waals surface area (Å²) in [5.74, 6) is 0.860. The van der Waals surface area contributed by atoms with Crippen molar-refractivity contribution in [2.24, 2.45) is 5.92 Å². The summed E-state index contributed by atoms with van der Waals surface area (Å²) in [4.78, 5) is 2.35. The van der Waals surface area contributed by atoms with Gasteiger partial charge in [0.1, 0.15) is 4.60 Å². The molecule has 0 bridgehead atoms. The molecule has 0 spiro atoms. The van der Waals surface area contributed by atoms with Gasteiger partial charge in [0.15, 0.2) is 5.75 Å². The summed E-state index contributed by atoms with van der Waals surface area (Å²) in [5, 5.41) is 13.5. The molecule has 1 saturated heterocycles. The van der Waals surface area contributed by atoms with Crippen molar-refractivity contribution in [3.63, 3.8) is 0 Å². The number of aromatic nitrogens is 2. The van der Waals surface area contributed by atoms with E-state index in [1.54, 1.807) is 0 Å². The Hall–Kier alpha value is -0.550. The highest BCUT2D eigenvalue weighted by atomic mass is 79.9. The molecule has 15 heavy (non-hydrogen) atoms. The van der Waals surface area contributed by atoms with Crippen molar-refractivity contribution in [3.8, 4) is 5.75 Å². The van der Waals surface area contributed by atoms with E-state index in [4.69, 9.17) is 0 Å². The number of likely N-dealkylation sites (tertiary alicyclic amines) is 1. The maximum absolute atomic E-state index is 9.38. The Balaban J connectivity index is 1.99. The van der Waals surface area contributed by atoms with Gasteiger partial charge in [0.25, 0.3) is 0 Å². The van der Waals surface area contributed by atoms with E-state index >= 15 is 0 Å². The predicted molar refractivity (Wildman–Crippen MR) is 61.8 cm³/mol. The smallest absolute Gasteiger partial charge is 0.168 e. The lowest BCUT2D eigenvalue weighted by Crippen LogP contribution is -2.34. The third kappa shape index (κ3) is 2.52. The Labute approximate surface area is 98.0 Å². The van der Waals surface area contributed by atoms with E-state index in [2.05, 4.69) is 33.0 Å². The topological polar surface area (TPSA) is 41.3 Å². The van der Waals surface area contributed by atoms with Crippen LogP contribution in [0.1, 0.15) is 12.8 Å². The molecule has 1 aliphatic rings. The molecule has 1 aliphatic heterocycles. The van der Waals surface area contributed by atoms with E-state index in [1.807, 2.05) is 4.68 Å². The van der Waals surface area contributed by atoms with E-state index in [1.165, 1.54) is 25.6 Å². The summed E-state index contributed by atoms with van der Waals surface area (Å²) in [6.07, 6.45) is 3.99. The van der Waals surface area contributed by atoms with Gasteiger partial charge in [0.05, 0.1) is 6.20 Å². The van der Waals surface area contributed by atoms with Crippen LogP contribution in [0.15, 0.2) is 10.8 Å². The number of hydrogen-bond acceptors (Lipinski definition) is 3. The van der Waals surface area contributed by atoms with Crippen LogP contribution in [0.5, 0.6) is 5.75 Å². The van der Waals surface area contributed by atoms with Crippen LogP contribution in [0.2, 0.25) is 0 Å². The van der Waals surface area contributed by atoms with Crippen molar-refractivity contribution in [1.82, 2.24) is 14.7 Å². The Bertz CT molecular complexity index is 339. The standard InChI is InChI=1S/C10H16BrN3O/c1-13-4-2-3-8(6-13)7-14-10(11)9(15)5-12-14/h5,8,15H,2-4,6-7H2,1H3. The summed E-state index contributed by atoms with van der Waals surface area (Å²) >= 11 is 3.33. The number of nitrogens with zero attached hydrogens (tertiary/aromatic N) is 3. The lowest BCUT2D eigenvalue weighted by molar-refractivity contribution is 0.190. The molecule has 1 aromatic rings. The van der Waals surface area contributed by atoms with E-state index < -0.39 is 0 Å². The number of halogens is 1. The molecule has 0 radical (unpaired) electrons. The average Bonchev–Trinajstić information content (AvgIpc) is 2.50. The van der Waals surface area contributed by atoms with E-state index in [9.17, 15) is 5.11 Å². The van der Waals surface area contributed by atoms with Crippen LogP contribution >= 0.6 is 15.9 Å². The van der Waals surface area contributed by atoms with E-state index in [0.29, 0.717) is 10.5 Å². The van der Waals surface area contributed by atoms with Crippen LogP contribution in [-0.4, -0.2) is 39.9 Å². The molecule has 0 aromatic carbocycles. The van der Waals surface area contributed by atoms with Crippen LogP contribution in [0, 0.1) is 5.92 Å². The van der Waals surface area contributed by atoms with Crippen LogP contribution in [0.3, 0.4) is 0 Å². The molecule has 2 heterocycles. The van der Waals surface area contributed by atoms with Gasteiger partial charge in [-0.15, -0.1) is 0 Å². The van der Waals surface area contributed by atoms with Gasteiger partial charge in [-0.3, -0.25) is 4.68 Å². The third-order valence-electron chi connectivity index (χ3n) is 2.91. The molecule has 1 N–H and O–H groups in total. The van der Waals surface area contributed by atoms with Gasteiger partial charge in [-0.1, -0.05) is 0 Å². The van der Waals surface area contributed by atoms with Crippen LogP contribution in [0.25, 0.3) is 0 Å². The van der Waals surface area contributed by atoms with Crippen molar-refractivity contribution < 1.29 is 5.11 Å². The first-order chi connectivity index (χ1) is 7.16. The van der Waals surface area contributed by atoms with Crippen molar-refractivity contribution in [3.05, 3.63) is 10.8 Å². The summed E-state index contributed by atoms with van der Waals surface area (Å²) in [5.41, 5.74) is 0. The second-order valence-corrected chi connectivity index (χ2v) is 5.02. The first kappa shape index (κ1) is 11.0. The first-order valence-corrected chi connectivity index (χ1v) is 6.05. The molecule has 1 fully saturated rings. The molecule has 1 atom stereocenters. The van der Waals surface area contributed by atoms with Gasteiger partial charge in [0.2, 0.25) is 0 Å². The van der Waals surface area contributed by atoms with Gasteiger partial charge in [-0.25, -0.2) is 0 Å². The van der Waals surface area contributed by atoms with Crippen LogP contribution in [-0.2, 0) is 6.54 Å². The van der Waals surface area contributed by atoms with Crippen molar-refractivity contribution in [1.29, 1.82) is 0 Å². The average molecular weight is 274 g/mol. The molecule has 5 heteroatoms. The Morgan fingerprint density at radius 3 is 3.07 bits per heavy atom. The van der Waals surface area contributed by atoms with Crippen molar-refractivity contribution >= 4 is 15.9 Å². The second kappa shape index (κ2) is 4.53. The Morgan fingerprint density at radius 2 is 2.47 bits per heavy atom.